The minimum Gasteiger partial charge on any atom is -1.00 e. The number of hydrogen-bond donors (Lipinski definition) is 1. The lowest BCUT2D eigenvalue weighted by atomic mass is 10.3. The molecule has 1 heterocycles. The van der Waals surface area contributed by atoms with Crippen LogP contribution < -0.4 is 38.0 Å². The molecule has 0 spiro atoms. The molecule has 0 aliphatic carbocycles. The zero-order valence-electron chi connectivity index (χ0n) is 15.4. The average molecular weight is 468 g/mol. The lowest BCUT2D eigenvalue weighted by molar-refractivity contribution is -0.653. The van der Waals surface area contributed by atoms with Gasteiger partial charge in [-0.05, 0) is 24.3 Å². The minimum atomic E-state index is -0.604. The van der Waals surface area contributed by atoms with Crippen molar-refractivity contribution in [2.24, 2.45) is 7.05 Å². The van der Waals surface area contributed by atoms with Crippen molar-refractivity contribution < 1.29 is 43.1 Å². The summed E-state index contributed by atoms with van der Waals surface area (Å²) in [5.41, 5.74) is 2.29. The van der Waals surface area contributed by atoms with Crippen LogP contribution in [0.4, 0.5) is 0 Å². The first-order valence-corrected chi connectivity index (χ1v) is 8.55. The van der Waals surface area contributed by atoms with Gasteiger partial charge >= 0.3 is 0 Å². The molecule has 1 N–H and O–H groups in total. The number of halogens is 1. The molecule has 0 radical (unpaired) electrons. The number of aliphatic hydroxyl groups is 1. The molecule has 0 aliphatic rings. The molecule has 5 nitrogen and oxygen atoms in total. The van der Waals surface area contributed by atoms with E-state index in [2.05, 4.69) is 35.2 Å². The van der Waals surface area contributed by atoms with Crippen LogP contribution in [0.5, 0.6) is 11.5 Å². The van der Waals surface area contributed by atoms with Crippen molar-refractivity contribution in [2.45, 2.75) is 26.0 Å². The molecule has 0 amide bonds. The molecule has 0 aliphatic heterocycles. The molecular weight excluding hydrogens is 443 g/mol. The van der Waals surface area contributed by atoms with Gasteiger partial charge in [0.1, 0.15) is 30.8 Å². The van der Waals surface area contributed by atoms with Gasteiger partial charge in [-0.2, -0.15) is 0 Å². The fourth-order valence-corrected chi connectivity index (χ4v) is 3.21. The van der Waals surface area contributed by atoms with Crippen LogP contribution in [0.15, 0.2) is 48.5 Å². The van der Waals surface area contributed by atoms with Gasteiger partial charge in [-0.25, -0.2) is 9.13 Å². The monoisotopic (exact) mass is 468 g/mol. The molecular formula is C20H25IN2O3. The molecule has 0 saturated carbocycles. The maximum Gasteiger partial charge on any atom is 0.256 e. The number of aliphatic hydroxyl groups excluding tert-OH is 1. The molecule has 0 bridgehead atoms. The maximum atomic E-state index is 10.5. The first kappa shape index (κ1) is 20.5. The Balaban J connectivity index is 0.00000243. The van der Waals surface area contributed by atoms with Crippen molar-refractivity contribution in [2.75, 3.05) is 13.7 Å². The van der Waals surface area contributed by atoms with E-state index in [0.29, 0.717) is 12.3 Å². The Hall–Kier alpha value is -1.80. The van der Waals surface area contributed by atoms with Gasteiger partial charge in [0.15, 0.2) is 11.0 Å². The fourth-order valence-electron chi connectivity index (χ4n) is 3.21. The van der Waals surface area contributed by atoms with E-state index < -0.39 is 6.10 Å². The van der Waals surface area contributed by atoms with Gasteiger partial charge in [0.25, 0.3) is 5.82 Å². The largest absolute Gasteiger partial charge is 1.00 e. The van der Waals surface area contributed by atoms with E-state index in [4.69, 9.17) is 9.47 Å². The summed E-state index contributed by atoms with van der Waals surface area (Å²) in [7, 11) is 3.69. The van der Waals surface area contributed by atoms with E-state index in [1.54, 1.807) is 7.11 Å². The van der Waals surface area contributed by atoms with Crippen LogP contribution in [0, 0.1) is 0 Å². The smallest absolute Gasteiger partial charge is 0.256 e. The summed E-state index contributed by atoms with van der Waals surface area (Å²) < 4.78 is 15.3. The number of aryl methyl sites for hydroxylation is 1. The lowest BCUT2D eigenvalue weighted by Gasteiger charge is -2.12. The number of rotatable bonds is 7. The van der Waals surface area contributed by atoms with Crippen molar-refractivity contribution in [3.63, 3.8) is 0 Å². The number of hydrogen-bond acceptors (Lipinski definition) is 3. The molecule has 26 heavy (non-hydrogen) atoms. The molecule has 3 rings (SSSR count). The topological polar surface area (TPSA) is 47.5 Å². The number of imidazole rings is 1. The number of benzene rings is 2. The van der Waals surface area contributed by atoms with Gasteiger partial charge in [-0.15, -0.1) is 0 Å². The van der Waals surface area contributed by atoms with E-state index in [0.717, 1.165) is 17.7 Å². The third kappa shape index (κ3) is 4.29. The Morgan fingerprint density at radius 2 is 1.85 bits per heavy atom. The Morgan fingerprint density at radius 3 is 2.58 bits per heavy atom. The average Bonchev–Trinajstić information content (AvgIpc) is 2.92. The number of methoxy groups -OCH3 is 1. The van der Waals surface area contributed by atoms with Gasteiger partial charge in [-0.3, -0.25) is 0 Å². The van der Waals surface area contributed by atoms with Gasteiger partial charge in [0.2, 0.25) is 0 Å². The summed E-state index contributed by atoms with van der Waals surface area (Å²) in [5.74, 6) is 2.61. The van der Waals surface area contributed by atoms with E-state index >= 15 is 0 Å². The number of ether oxygens (including phenoxy) is 2. The molecule has 1 aromatic heterocycles. The van der Waals surface area contributed by atoms with E-state index in [1.165, 1.54) is 11.3 Å². The summed E-state index contributed by atoms with van der Waals surface area (Å²) in [6.07, 6.45) is 0.293. The standard InChI is InChI=1S/C20H25N2O3.HI/c1-4-20-21(2)18-10-5-6-11-19(18)22(20)13-15(23)14-25-17-9-7-8-16(12-17)24-3;/h5-12,15,23H,4,13-14H2,1-3H3;1H/q+1;/p-1. The SMILES string of the molecule is CCc1n(CC(O)COc2cccc(OC)c2)c2ccccc2[n+]1C.[I-]. The highest BCUT2D eigenvalue weighted by Gasteiger charge is 2.23. The second-order valence-corrected chi connectivity index (χ2v) is 6.07. The Morgan fingerprint density at radius 1 is 1.12 bits per heavy atom. The van der Waals surface area contributed by atoms with Crippen molar-refractivity contribution in [3.8, 4) is 11.5 Å². The minimum absolute atomic E-state index is 0. The first-order valence-electron chi connectivity index (χ1n) is 8.55. The zero-order valence-corrected chi connectivity index (χ0v) is 17.5. The van der Waals surface area contributed by atoms with Crippen LogP contribution in [-0.2, 0) is 20.0 Å². The molecule has 1 atom stereocenters. The predicted molar refractivity (Wildman–Crippen MR) is 97.0 cm³/mol. The van der Waals surface area contributed by atoms with Crippen LogP contribution in [0.1, 0.15) is 12.7 Å². The fraction of sp³-hybridized carbons (Fsp3) is 0.350. The van der Waals surface area contributed by atoms with Crippen LogP contribution in [0.3, 0.4) is 0 Å². The normalized spacial score (nSPS) is 11.8. The molecule has 2 aromatic carbocycles. The Kier molecular flexibility index (Phi) is 7.28. The second-order valence-electron chi connectivity index (χ2n) is 6.07. The van der Waals surface area contributed by atoms with Gasteiger partial charge in [-0.1, -0.05) is 25.1 Å². The van der Waals surface area contributed by atoms with E-state index in [1.807, 2.05) is 36.4 Å². The van der Waals surface area contributed by atoms with Gasteiger partial charge in [0, 0.05) is 12.5 Å². The number of fused-ring (bicyclic) bond motifs is 1. The molecule has 0 fully saturated rings. The van der Waals surface area contributed by atoms with Gasteiger partial charge < -0.3 is 38.6 Å². The van der Waals surface area contributed by atoms with Crippen LogP contribution in [0.2, 0.25) is 0 Å². The van der Waals surface area contributed by atoms with Crippen LogP contribution in [-0.4, -0.2) is 29.5 Å². The highest BCUT2D eigenvalue weighted by atomic mass is 127. The van der Waals surface area contributed by atoms with E-state index in [9.17, 15) is 5.11 Å². The third-order valence-electron chi connectivity index (χ3n) is 4.43. The number of aromatic nitrogens is 2. The lowest BCUT2D eigenvalue weighted by Crippen LogP contribution is -3.00. The number of para-hydroxylation sites is 2. The predicted octanol–water partition coefficient (Wildman–Crippen LogP) is -0.519. The quantitative estimate of drug-likeness (QED) is 0.375. The third-order valence-corrected chi connectivity index (χ3v) is 4.43. The van der Waals surface area contributed by atoms with Gasteiger partial charge in [0.05, 0.1) is 14.2 Å². The highest BCUT2D eigenvalue weighted by molar-refractivity contribution is 5.72. The summed E-state index contributed by atoms with van der Waals surface area (Å²) in [4.78, 5) is 0. The van der Waals surface area contributed by atoms with Crippen molar-refractivity contribution in [1.29, 1.82) is 0 Å². The highest BCUT2D eigenvalue weighted by Crippen LogP contribution is 2.19. The van der Waals surface area contributed by atoms with Crippen molar-refractivity contribution in [3.05, 3.63) is 54.4 Å². The molecule has 140 valence electrons. The first-order chi connectivity index (χ1) is 12.1. The Bertz CT molecular complexity index is 863. The molecule has 1 unspecified atom stereocenters. The summed E-state index contributed by atoms with van der Waals surface area (Å²) >= 11 is 0. The second kappa shape index (κ2) is 9.23. The Labute approximate surface area is 171 Å². The number of nitrogens with zero attached hydrogens (tertiary/aromatic N) is 2. The molecule has 3 aromatic rings. The summed E-state index contributed by atoms with van der Waals surface area (Å²) in [5, 5.41) is 10.5. The van der Waals surface area contributed by atoms with Crippen LogP contribution in [0.25, 0.3) is 11.0 Å². The maximum absolute atomic E-state index is 10.5. The summed E-state index contributed by atoms with van der Waals surface area (Å²) in [6.45, 7) is 2.85. The van der Waals surface area contributed by atoms with E-state index in [-0.39, 0.29) is 30.6 Å². The van der Waals surface area contributed by atoms with Crippen molar-refractivity contribution >= 4 is 11.0 Å². The molecule has 6 heteroatoms. The van der Waals surface area contributed by atoms with Crippen molar-refractivity contribution in [1.82, 2.24) is 4.57 Å². The molecule has 0 saturated heterocycles. The zero-order chi connectivity index (χ0) is 17.8. The summed E-state index contributed by atoms with van der Waals surface area (Å²) in [6, 6.07) is 15.7. The van der Waals surface area contributed by atoms with Crippen LogP contribution >= 0.6 is 0 Å².